The molecule has 5 nitrogen and oxygen atoms in total. The van der Waals surface area contributed by atoms with E-state index >= 15 is 0 Å². The van der Waals surface area contributed by atoms with Crippen LogP contribution in [0.15, 0.2) is 36.5 Å². The quantitative estimate of drug-likeness (QED) is 0.751. The van der Waals surface area contributed by atoms with Crippen LogP contribution < -0.4 is 4.74 Å². The maximum Gasteiger partial charge on any atom is 0.356 e. The van der Waals surface area contributed by atoms with E-state index < -0.39 is 11.8 Å². The summed E-state index contributed by atoms with van der Waals surface area (Å²) in [7, 11) is 1.26. The number of aryl methyl sites for hydroxylation is 1. The fourth-order valence-electron chi connectivity index (χ4n) is 2.18. The predicted molar refractivity (Wildman–Crippen MR) is 78.6 cm³/mol. The first-order valence-electron chi connectivity index (χ1n) is 6.58. The van der Waals surface area contributed by atoms with Gasteiger partial charge in [-0.1, -0.05) is 0 Å². The Balaban J connectivity index is 1.96. The summed E-state index contributed by atoms with van der Waals surface area (Å²) in [5.41, 5.74) is 1.66. The summed E-state index contributed by atoms with van der Waals surface area (Å²) in [5.74, 6) is -0.657. The molecule has 6 heteroatoms. The van der Waals surface area contributed by atoms with Gasteiger partial charge in [-0.3, -0.25) is 0 Å². The van der Waals surface area contributed by atoms with E-state index in [9.17, 15) is 9.18 Å². The van der Waals surface area contributed by atoms with Crippen molar-refractivity contribution in [3.63, 3.8) is 0 Å². The fraction of sp³-hybridized carbons (Fsp3) is 0.125. The Bertz CT molecular complexity index is 858. The second-order valence-corrected chi connectivity index (χ2v) is 4.76. The zero-order valence-electron chi connectivity index (χ0n) is 12.0. The molecule has 0 unspecified atom stereocenters. The number of hydrogen-bond donors (Lipinski definition) is 1. The maximum atomic E-state index is 14.4. The molecule has 0 atom stereocenters. The van der Waals surface area contributed by atoms with Crippen molar-refractivity contribution in [3.8, 4) is 11.5 Å². The number of carbonyl (C=O) groups excluding carboxylic acids is 1. The Kier molecular flexibility index (Phi) is 3.50. The Morgan fingerprint density at radius 1 is 1.27 bits per heavy atom. The SMILES string of the molecule is COC(=O)c1cc(Oc2ccc3[nH]c(C)cc3c2F)ccn1. The molecule has 0 amide bonds. The Morgan fingerprint density at radius 2 is 2.09 bits per heavy atom. The molecule has 112 valence electrons. The van der Waals surface area contributed by atoms with Crippen LogP contribution in [-0.2, 0) is 4.74 Å². The van der Waals surface area contributed by atoms with Crippen LogP contribution in [0.5, 0.6) is 11.5 Å². The van der Waals surface area contributed by atoms with Gasteiger partial charge in [0.2, 0.25) is 0 Å². The lowest BCUT2D eigenvalue weighted by Crippen LogP contribution is -2.03. The number of esters is 1. The molecular formula is C16H13FN2O3. The number of fused-ring (bicyclic) bond motifs is 1. The Hall–Kier alpha value is -2.89. The molecule has 0 saturated carbocycles. The summed E-state index contributed by atoms with van der Waals surface area (Å²) < 4.78 is 24.6. The molecule has 3 rings (SSSR count). The van der Waals surface area contributed by atoms with Crippen molar-refractivity contribution in [2.45, 2.75) is 6.92 Å². The molecule has 0 aliphatic rings. The van der Waals surface area contributed by atoms with Crippen molar-refractivity contribution in [2.75, 3.05) is 7.11 Å². The number of benzene rings is 1. The van der Waals surface area contributed by atoms with E-state index in [1.165, 1.54) is 25.4 Å². The van der Waals surface area contributed by atoms with Crippen LogP contribution in [-0.4, -0.2) is 23.0 Å². The number of hydrogen-bond acceptors (Lipinski definition) is 4. The van der Waals surface area contributed by atoms with Crippen LogP contribution >= 0.6 is 0 Å². The molecule has 1 aromatic carbocycles. The van der Waals surface area contributed by atoms with Gasteiger partial charge in [-0.25, -0.2) is 14.2 Å². The highest BCUT2D eigenvalue weighted by atomic mass is 19.1. The summed E-state index contributed by atoms with van der Waals surface area (Å²) in [4.78, 5) is 18.4. The monoisotopic (exact) mass is 300 g/mol. The van der Waals surface area contributed by atoms with Crippen LogP contribution in [0.4, 0.5) is 4.39 Å². The van der Waals surface area contributed by atoms with Crippen molar-refractivity contribution in [3.05, 3.63) is 53.7 Å². The van der Waals surface area contributed by atoms with E-state index in [4.69, 9.17) is 4.74 Å². The van der Waals surface area contributed by atoms with Crippen molar-refractivity contribution in [2.24, 2.45) is 0 Å². The number of carbonyl (C=O) groups is 1. The topological polar surface area (TPSA) is 64.2 Å². The number of halogens is 1. The lowest BCUT2D eigenvalue weighted by molar-refractivity contribution is 0.0593. The van der Waals surface area contributed by atoms with Gasteiger partial charge in [-0.15, -0.1) is 0 Å². The van der Waals surface area contributed by atoms with Crippen LogP contribution in [0.25, 0.3) is 10.9 Å². The average molecular weight is 300 g/mol. The van der Waals surface area contributed by atoms with Gasteiger partial charge in [0.1, 0.15) is 5.75 Å². The van der Waals surface area contributed by atoms with E-state index in [0.717, 1.165) is 5.69 Å². The molecule has 2 aromatic heterocycles. The summed E-state index contributed by atoms with van der Waals surface area (Å²) in [6.07, 6.45) is 1.40. The molecule has 0 aliphatic carbocycles. The number of aromatic nitrogens is 2. The van der Waals surface area contributed by atoms with Crippen molar-refractivity contribution >= 4 is 16.9 Å². The first-order valence-corrected chi connectivity index (χ1v) is 6.58. The minimum Gasteiger partial charge on any atom is -0.464 e. The molecule has 3 aromatic rings. The van der Waals surface area contributed by atoms with E-state index in [-0.39, 0.29) is 11.4 Å². The van der Waals surface area contributed by atoms with Gasteiger partial charge in [0, 0.05) is 28.9 Å². The Labute approximate surface area is 125 Å². The van der Waals surface area contributed by atoms with Crippen LogP contribution in [0.3, 0.4) is 0 Å². The second-order valence-electron chi connectivity index (χ2n) is 4.76. The van der Waals surface area contributed by atoms with Crippen molar-refractivity contribution in [1.29, 1.82) is 0 Å². The number of rotatable bonds is 3. The summed E-state index contributed by atoms with van der Waals surface area (Å²) in [6.45, 7) is 1.85. The zero-order chi connectivity index (χ0) is 15.7. The van der Waals surface area contributed by atoms with Gasteiger partial charge in [0.05, 0.1) is 7.11 Å². The molecule has 1 N–H and O–H groups in total. The smallest absolute Gasteiger partial charge is 0.356 e. The third-order valence-electron chi connectivity index (χ3n) is 3.19. The van der Waals surface area contributed by atoms with E-state index in [2.05, 4.69) is 14.7 Å². The molecule has 0 saturated heterocycles. The summed E-state index contributed by atoms with van der Waals surface area (Å²) in [5, 5.41) is 0.456. The number of nitrogens with zero attached hydrogens (tertiary/aromatic N) is 1. The number of aromatic amines is 1. The lowest BCUT2D eigenvalue weighted by Gasteiger charge is -2.08. The molecule has 0 radical (unpaired) electrons. The zero-order valence-corrected chi connectivity index (χ0v) is 12.0. The Morgan fingerprint density at radius 3 is 2.86 bits per heavy atom. The summed E-state index contributed by atoms with van der Waals surface area (Å²) >= 11 is 0. The molecule has 0 bridgehead atoms. The largest absolute Gasteiger partial charge is 0.464 e. The van der Waals surface area contributed by atoms with Gasteiger partial charge < -0.3 is 14.5 Å². The van der Waals surface area contributed by atoms with Gasteiger partial charge >= 0.3 is 5.97 Å². The average Bonchev–Trinajstić information content (AvgIpc) is 2.91. The van der Waals surface area contributed by atoms with Crippen molar-refractivity contribution in [1.82, 2.24) is 9.97 Å². The second kappa shape index (κ2) is 5.48. The van der Waals surface area contributed by atoms with Gasteiger partial charge in [-0.2, -0.15) is 0 Å². The third-order valence-corrected chi connectivity index (χ3v) is 3.19. The fourth-order valence-corrected chi connectivity index (χ4v) is 2.18. The highest BCUT2D eigenvalue weighted by Gasteiger charge is 2.13. The number of pyridine rings is 1. The minimum absolute atomic E-state index is 0.0773. The van der Waals surface area contributed by atoms with Crippen LogP contribution in [0.1, 0.15) is 16.2 Å². The predicted octanol–water partition coefficient (Wildman–Crippen LogP) is 3.59. The minimum atomic E-state index is -0.581. The van der Waals surface area contributed by atoms with Gasteiger partial charge in [0.15, 0.2) is 17.3 Å². The maximum absolute atomic E-state index is 14.4. The highest BCUT2D eigenvalue weighted by Crippen LogP contribution is 2.30. The molecule has 22 heavy (non-hydrogen) atoms. The number of nitrogens with one attached hydrogen (secondary N) is 1. The number of H-pyrrole nitrogens is 1. The standard InChI is InChI=1S/C16H13FN2O3/c1-9-7-11-12(19-9)3-4-14(15(11)17)22-10-5-6-18-13(8-10)16(20)21-2/h3-8,19H,1-2H3. The van der Waals surface area contributed by atoms with E-state index in [1.807, 2.05) is 6.92 Å². The molecule has 0 aliphatic heterocycles. The van der Waals surface area contributed by atoms with Crippen LogP contribution in [0, 0.1) is 12.7 Å². The highest BCUT2D eigenvalue weighted by molar-refractivity contribution is 5.87. The number of methoxy groups -OCH3 is 1. The van der Waals surface area contributed by atoms with Crippen LogP contribution in [0.2, 0.25) is 0 Å². The van der Waals surface area contributed by atoms with E-state index in [1.54, 1.807) is 18.2 Å². The first-order chi connectivity index (χ1) is 10.6. The molecular weight excluding hydrogens is 287 g/mol. The number of ether oxygens (including phenoxy) is 2. The van der Waals surface area contributed by atoms with E-state index in [0.29, 0.717) is 16.7 Å². The molecule has 0 spiro atoms. The van der Waals surface area contributed by atoms with Gasteiger partial charge in [-0.05, 0) is 31.2 Å². The molecule has 2 heterocycles. The van der Waals surface area contributed by atoms with Gasteiger partial charge in [0.25, 0.3) is 0 Å². The first kappa shape index (κ1) is 14.1. The van der Waals surface area contributed by atoms with Crippen molar-refractivity contribution < 1.29 is 18.7 Å². The third kappa shape index (κ3) is 2.50. The summed E-state index contributed by atoms with van der Waals surface area (Å²) in [6, 6.07) is 7.93. The molecule has 0 fully saturated rings. The lowest BCUT2D eigenvalue weighted by atomic mass is 10.2. The normalized spacial score (nSPS) is 10.7.